The smallest absolute Gasteiger partial charge is 0.0576 e. The second-order valence-corrected chi connectivity index (χ2v) is 5.80. The molecule has 2 aliphatic rings. The van der Waals surface area contributed by atoms with Crippen molar-refractivity contribution in [1.82, 2.24) is 0 Å². The SMILES string of the molecule is NC1(CCCC2CCCO2)CCCCCC1. The predicted octanol–water partition coefficient (Wildman–Crippen LogP) is 3.39. The molecule has 16 heavy (non-hydrogen) atoms. The standard InChI is InChI=1S/C14H27NO/c15-14(9-3-1-2-4-10-14)11-5-7-13-8-6-12-16-13/h13H,1-12,15H2. The fraction of sp³-hybridized carbons (Fsp3) is 1.00. The first kappa shape index (κ1) is 12.4. The minimum Gasteiger partial charge on any atom is -0.378 e. The zero-order valence-electron chi connectivity index (χ0n) is 10.5. The van der Waals surface area contributed by atoms with Crippen molar-refractivity contribution in [3.8, 4) is 0 Å². The van der Waals surface area contributed by atoms with Gasteiger partial charge in [0.15, 0.2) is 0 Å². The van der Waals surface area contributed by atoms with E-state index in [1.807, 2.05) is 0 Å². The van der Waals surface area contributed by atoms with Gasteiger partial charge in [-0.3, -0.25) is 0 Å². The van der Waals surface area contributed by atoms with Crippen LogP contribution >= 0.6 is 0 Å². The maximum atomic E-state index is 6.50. The molecule has 1 heterocycles. The molecule has 0 amide bonds. The highest BCUT2D eigenvalue weighted by Crippen LogP contribution is 2.30. The molecule has 1 aliphatic heterocycles. The number of hydrogen-bond acceptors (Lipinski definition) is 2. The van der Waals surface area contributed by atoms with Gasteiger partial charge >= 0.3 is 0 Å². The van der Waals surface area contributed by atoms with Gasteiger partial charge < -0.3 is 10.5 Å². The third kappa shape index (κ3) is 3.74. The molecule has 0 aromatic rings. The second-order valence-electron chi connectivity index (χ2n) is 5.80. The molecule has 2 nitrogen and oxygen atoms in total. The van der Waals surface area contributed by atoms with E-state index >= 15 is 0 Å². The molecule has 1 atom stereocenters. The van der Waals surface area contributed by atoms with Crippen LogP contribution in [0, 0.1) is 0 Å². The van der Waals surface area contributed by atoms with E-state index in [0.717, 1.165) is 6.61 Å². The molecular weight excluding hydrogens is 198 g/mol. The Morgan fingerprint density at radius 3 is 2.44 bits per heavy atom. The Hall–Kier alpha value is -0.0800. The summed E-state index contributed by atoms with van der Waals surface area (Å²) in [7, 11) is 0. The fourth-order valence-corrected chi connectivity index (χ4v) is 3.24. The first-order valence-electron chi connectivity index (χ1n) is 7.19. The summed E-state index contributed by atoms with van der Waals surface area (Å²) in [5.74, 6) is 0. The molecular formula is C14H27NO. The maximum Gasteiger partial charge on any atom is 0.0576 e. The molecule has 0 aromatic heterocycles. The highest BCUT2D eigenvalue weighted by atomic mass is 16.5. The van der Waals surface area contributed by atoms with Gasteiger partial charge in [-0.1, -0.05) is 25.7 Å². The first-order valence-corrected chi connectivity index (χ1v) is 7.19. The molecule has 1 unspecified atom stereocenters. The molecule has 1 saturated heterocycles. The van der Waals surface area contributed by atoms with Gasteiger partial charge in [0, 0.05) is 12.1 Å². The Labute approximate surface area is 99.9 Å². The zero-order valence-corrected chi connectivity index (χ0v) is 10.5. The van der Waals surface area contributed by atoms with Crippen molar-refractivity contribution >= 4 is 0 Å². The van der Waals surface area contributed by atoms with E-state index in [1.54, 1.807) is 0 Å². The molecule has 2 rings (SSSR count). The molecule has 2 N–H and O–H groups in total. The largest absolute Gasteiger partial charge is 0.378 e. The molecule has 1 saturated carbocycles. The van der Waals surface area contributed by atoms with Crippen molar-refractivity contribution in [3.05, 3.63) is 0 Å². The van der Waals surface area contributed by atoms with Gasteiger partial charge in [0.1, 0.15) is 0 Å². The van der Waals surface area contributed by atoms with Crippen molar-refractivity contribution < 1.29 is 4.74 Å². The van der Waals surface area contributed by atoms with Gasteiger partial charge in [0.2, 0.25) is 0 Å². The third-order valence-corrected chi connectivity index (χ3v) is 4.32. The first-order chi connectivity index (χ1) is 7.79. The minimum absolute atomic E-state index is 0.162. The lowest BCUT2D eigenvalue weighted by Crippen LogP contribution is -2.39. The van der Waals surface area contributed by atoms with Crippen LogP contribution in [0.25, 0.3) is 0 Å². The predicted molar refractivity (Wildman–Crippen MR) is 67.4 cm³/mol. The van der Waals surface area contributed by atoms with Crippen LogP contribution in [0.1, 0.15) is 70.6 Å². The summed E-state index contributed by atoms with van der Waals surface area (Å²) in [6.07, 6.45) is 14.8. The summed E-state index contributed by atoms with van der Waals surface area (Å²) >= 11 is 0. The third-order valence-electron chi connectivity index (χ3n) is 4.32. The van der Waals surface area contributed by atoms with Gasteiger partial charge in [0.25, 0.3) is 0 Å². The molecule has 0 radical (unpaired) electrons. The van der Waals surface area contributed by atoms with Gasteiger partial charge in [-0.2, -0.15) is 0 Å². The van der Waals surface area contributed by atoms with Crippen molar-refractivity contribution in [2.45, 2.75) is 82.3 Å². The van der Waals surface area contributed by atoms with Crippen LogP contribution in [0.4, 0.5) is 0 Å². The number of rotatable bonds is 4. The summed E-state index contributed by atoms with van der Waals surface area (Å²) in [6.45, 7) is 0.985. The fourth-order valence-electron chi connectivity index (χ4n) is 3.24. The summed E-state index contributed by atoms with van der Waals surface area (Å²) in [4.78, 5) is 0. The Bertz CT molecular complexity index is 191. The van der Waals surface area contributed by atoms with E-state index in [-0.39, 0.29) is 5.54 Å². The molecule has 0 bridgehead atoms. The second kappa shape index (κ2) is 6.02. The monoisotopic (exact) mass is 225 g/mol. The maximum absolute atomic E-state index is 6.50. The Kier molecular flexibility index (Phi) is 4.66. The van der Waals surface area contributed by atoms with Crippen LogP contribution in [-0.2, 0) is 4.74 Å². The highest BCUT2D eigenvalue weighted by Gasteiger charge is 2.26. The Balaban J connectivity index is 1.66. The van der Waals surface area contributed by atoms with Crippen LogP contribution in [0.3, 0.4) is 0 Å². The van der Waals surface area contributed by atoms with E-state index in [0.29, 0.717) is 6.10 Å². The van der Waals surface area contributed by atoms with Gasteiger partial charge in [-0.15, -0.1) is 0 Å². The number of ether oxygens (including phenoxy) is 1. The van der Waals surface area contributed by atoms with Crippen molar-refractivity contribution in [2.75, 3.05) is 6.61 Å². The molecule has 1 aliphatic carbocycles. The quantitative estimate of drug-likeness (QED) is 0.744. The van der Waals surface area contributed by atoms with E-state index < -0.39 is 0 Å². The van der Waals surface area contributed by atoms with Crippen LogP contribution in [-0.4, -0.2) is 18.2 Å². The average molecular weight is 225 g/mol. The van der Waals surface area contributed by atoms with Crippen molar-refractivity contribution in [3.63, 3.8) is 0 Å². The minimum atomic E-state index is 0.162. The van der Waals surface area contributed by atoms with Gasteiger partial charge in [-0.25, -0.2) is 0 Å². The molecule has 2 heteroatoms. The number of nitrogens with two attached hydrogens (primary N) is 1. The summed E-state index contributed by atoms with van der Waals surface area (Å²) in [5.41, 5.74) is 6.66. The lowest BCUT2D eigenvalue weighted by Gasteiger charge is -2.28. The molecule has 2 fully saturated rings. The lowest BCUT2D eigenvalue weighted by molar-refractivity contribution is 0.0996. The summed E-state index contributed by atoms with van der Waals surface area (Å²) < 4.78 is 5.66. The lowest BCUT2D eigenvalue weighted by atomic mass is 9.85. The average Bonchev–Trinajstić information content (AvgIpc) is 2.68. The highest BCUT2D eigenvalue weighted by molar-refractivity contribution is 4.86. The van der Waals surface area contributed by atoms with E-state index in [9.17, 15) is 0 Å². The molecule has 94 valence electrons. The summed E-state index contributed by atoms with van der Waals surface area (Å²) in [6, 6.07) is 0. The van der Waals surface area contributed by atoms with Crippen LogP contribution < -0.4 is 5.73 Å². The van der Waals surface area contributed by atoms with Crippen molar-refractivity contribution in [1.29, 1.82) is 0 Å². The Morgan fingerprint density at radius 1 is 1.06 bits per heavy atom. The van der Waals surface area contributed by atoms with Crippen LogP contribution in [0.5, 0.6) is 0 Å². The summed E-state index contributed by atoms with van der Waals surface area (Å²) in [5, 5.41) is 0. The van der Waals surface area contributed by atoms with Gasteiger partial charge in [-0.05, 0) is 44.9 Å². The molecule has 0 spiro atoms. The van der Waals surface area contributed by atoms with Crippen molar-refractivity contribution in [2.24, 2.45) is 5.73 Å². The van der Waals surface area contributed by atoms with Gasteiger partial charge in [0.05, 0.1) is 6.10 Å². The van der Waals surface area contributed by atoms with Crippen LogP contribution in [0.2, 0.25) is 0 Å². The van der Waals surface area contributed by atoms with Crippen LogP contribution in [0.15, 0.2) is 0 Å². The van der Waals surface area contributed by atoms with E-state index in [4.69, 9.17) is 10.5 Å². The number of hydrogen-bond donors (Lipinski definition) is 1. The normalized spacial score (nSPS) is 30.2. The zero-order chi connectivity index (χ0) is 11.3. The van der Waals surface area contributed by atoms with E-state index in [2.05, 4.69) is 0 Å². The Morgan fingerprint density at radius 2 is 1.81 bits per heavy atom. The topological polar surface area (TPSA) is 35.2 Å². The molecule has 0 aromatic carbocycles. The van der Waals surface area contributed by atoms with E-state index in [1.165, 1.54) is 70.6 Å².